The van der Waals surface area contributed by atoms with Crippen molar-refractivity contribution >= 4 is 29.2 Å². The molecule has 0 aliphatic carbocycles. The van der Waals surface area contributed by atoms with Gasteiger partial charge in [-0.25, -0.2) is 13.6 Å². The van der Waals surface area contributed by atoms with Crippen LogP contribution in [0.4, 0.5) is 26.1 Å². The van der Waals surface area contributed by atoms with Crippen LogP contribution in [0.1, 0.15) is 85.4 Å². The molecule has 2 unspecified atom stereocenters. The Morgan fingerprint density at radius 2 is 1.76 bits per heavy atom. The summed E-state index contributed by atoms with van der Waals surface area (Å²) in [7, 11) is 1.79. The summed E-state index contributed by atoms with van der Waals surface area (Å²) in [5, 5.41) is 26.9. The predicted molar refractivity (Wildman–Crippen MR) is 204 cm³/mol. The van der Waals surface area contributed by atoms with Crippen LogP contribution in [-0.2, 0) is 31.2 Å². The summed E-state index contributed by atoms with van der Waals surface area (Å²) >= 11 is 0. The molecule has 15 heteroatoms. The zero-order valence-corrected chi connectivity index (χ0v) is 32.0. The van der Waals surface area contributed by atoms with Crippen molar-refractivity contribution in [1.29, 1.82) is 0 Å². The van der Waals surface area contributed by atoms with Crippen molar-refractivity contribution in [3.8, 4) is 11.1 Å². The number of fused-ring (bicyclic) bond motifs is 2. The van der Waals surface area contributed by atoms with Gasteiger partial charge in [-0.2, -0.15) is 10.2 Å². The molecule has 0 spiro atoms. The van der Waals surface area contributed by atoms with Gasteiger partial charge in [-0.05, 0) is 78.8 Å². The van der Waals surface area contributed by atoms with E-state index in [1.165, 1.54) is 6.07 Å². The highest BCUT2D eigenvalue weighted by Gasteiger charge is 2.37. The van der Waals surface area contributed by atoms with Crippen molar-refractivity contribution < 1.29 is 23.5 Å². The number of aromatic carboxylic acids is 1. The van der Waals surface area contributed by atoms with Crippen LogP contribution in [-0.4, -0.2) is 102 Å². The van der Waals surface area contributed by atoms with Gasteiger partial charge in [0, 0.05) is 100 Å². The molecule has 292 valence electrons. The lowest BCUT2D eigenvalue weighted by molar-refractivity contribution is -0.129. The number of carbonyl (C=O) groups is 2. The van der Waals surface area contributed by atoms with Crippen LogP contribution in [0.5, 0.6) is 0 Å². The molecule has 1 N–H and O–H groups in total. The molecule has 2 atom stereocenters. The number of carboxylic acids is 1. The fourth-order valence-corrected chi connectivity index (χ4v) is 9.48. The molecule has 0 radical (unpaired) electrons. The first-order chi connectivity index (χ1) is 26.4. The maximum Gasteiger partial charge on any atom is 0.356 e. The maximum absolute atomic E-state index is 14.7. The third-order valence-corrected chi connectivity index (χ3v) is 12.4. The molecule has 4 aromatic rings. The van der Waals surface area contributed by atoms with E-state index in [4.69, 9.17) is 5.10 Å². The number of alkyl halides is 2. The van der Waals surface area contributed by atoms with E-state index in [-0.39, 0.29) is 23.2 Å². The Morgan fingerprint density at radius 1 is 1.00 bits per heavy atom. The van der Waals surface area contributed by atoms with Crippen molar-refractivity contribution in [3.63, 3.8) is 0 Å². The number of carboxylic acid groups (broad SMARTS) is 1. The quantitative estimate of drug-likeness (QED) is 0.238. The Balaban J connectivity index is 1.01. The number of benzene rings is 1. The number of piperidine rings is 2. The molecule has 7 heterocycles. The summed E-state index contributed by atoms with van der Waals surface area (Å²) in [5.74, 6) is 1.80. The van der Waals surface area contributed by atoms with E-state index in [9.17, 15) is 23.5 Å². The molecule has 4 aliphatic rings. The standard InChI is InChI=1S/C40H50F2N10O3/c1-24-19-50(37-8-7-34(40(54)55)44-45-37)20-25(2)32(24)22-48-13-9-29(10-14-48)52-35-11-15-49(26(3)53)23-33(35)39(46-52)51-12-5-6-27-16-30(28-18-43-47(4)21-28)31(38(41)42)17-36(27)51/h7-8,16-18,21,24-25,29,32,38H,5-6,9-15,19-20,22-23H2,1-4H3,(H,54,55). The Bertz CT molecular complexity index is 2050. The summed E-state index contributed by atoms with van der Waals surface area (Å²) < 4.78 is 33.2. The largest absolute Gasteiger partial charge is 0.476 e. The number of amides is 1. The number of likely N-dealkylation sites (tertiary alicyclic amines) is 1. The van der Waals surface area contributed by atoms with Crippen LogP contribution in [0.25, 0.3) is 11.1 Å². The Kier molecular flexibility index (Phi) is 10.1. The molecule has 8 rings (SSSR count). The first-order valence-electron chi connectivity index (χ1n) is 19.6. The van der Waals surface area contributed by atoms with E-state index in [1.807, 2.05) is 11.0 Å². The smallest absolute Gasteiger partial charge is 0.356 e. The van der Waals surface area contributed by atoms with Crippen molar-refractivity contribution in [1.82, 2.24) is 39.6 Å². The average Bonchev–Trinajstić information content (AvgIpc) is 3.79. The van der Waals surface area contributed by atoms with Crippen LogP contribution in [0.2, 0.25) is 0 Å². The number of hydrogen-bond acceptors (Lipinski definition) is 9. The number of anilines is 3. The van der Waals surface area contributed by atoms with Gasteiger partial charge < -0.3 is 24.7 Å². The number of hydrogen-bond donors (Lipinski definition) is 1. The number of aryl methyl sites for hydroxylation is 2. The Labute approximate surface area is 319 Å². The fraction of sp³-hybridized carbons (Fsp3) is 0.550. The Morgan fingerprint density at radius 3 is 2.40 bits per heavy atom. The summed E-state index contributed by atoms with van der Waals surface area (Å²) in [4.78, 5) is 32.7. The summed E-state index contributed by atoms with van der Waals surface area (Å²) in [6.07, 6.45) is 5.04. The van der Waals surface area contributed by atoms with Crippen LogP contribution in [0.15, 0.2) is 36.7 Å². The van der Waals surface area contributed by atoms with Gasteiger partial charge in [-0.15, -0.1) is 10.2 Å². The predicted octanol–water partition coefficient (Wildman–Crippen LogP) is 5.74. The van der Waals surface area contributed by atoms with Gasteiger partial charge in [0.1, 0.15) is 0 Å². The normalized spacial score (nSPS) is 22.2. The van der Waals surface area contributed by atoms with Gasteiger partial charge in [0.25, 0.3) is 6.43 Å². The van der Waals surface area contributed by atoms with Crippen molar-refractivity contribution in [2.75, 3.05) is 55.6 Å². The minimum atomic E-state index is -2.65. The van der Waals surface area contributed by atoms with E-state index >= 15 is 0 Å². The van der Waals surface area contributed by atoms with Crippen molar-refractivity contribution in [2.24, 2.45) is 24.8 Å². The van der Waals surface area contributed by atoms with Gasteiger partial charge in [-0.3, -0.25) is 14.2 Å². The van der Waals surface area contributed by atoms with E-state index in [0.717, 1.165) is 86.7 Å². The second-order valence-corrected chi connectivity index (χ2v) is 16.0. The number of carbonyl (C=O) groups excluding carboxylic acids is 1. The third-order valence-electron chi connectivity index (χ3n) is 12.4. The summed E-state index contributed by atoms with van der Waals surface area (Å²) in [6, 6.07) is 7.05. The van der Waals surface area contributed by atoms with Crippen LogP contribution in [0, 0.1) is 17.8 Å². The van der Waals surface area contributed by atoms with E-state index < -0.39 is 12.4 Å². The highest BCUT2D eigenvalue weighted by atomic mass is 19.3. The van der Waals surface area contributed by atoms with Crippen molar-refractivity contribution in [2.45, 2.75) is 71.9 Å². The number of nitrogens with zero attached hydrogens (tertiary/aromatic N) is 10. The van der Waals surface area contributed by atoms with Crippen LogP contribution < -0.4 is 9.80 Å². The zero-order chi connectivity index (χ0) is 38.5. The van der Waals surface area contributed by atoms with E-state index in [2.05, 4.69) is 48.5 Å². The van der Waals surface area contributed by atoms with Crippen LogP contribution in [0.3, 0.4) is 0 Å². The number of halogens is 2. The molecule has 4 aliphatic heterocycles. The number of rotatable bonds is 8. The lowest BCUT2D eigenvalue weighted by Crippen LogP contribution is -2.50. The van der Waals surface area contributed by atoms with E-state index in [0.29, 0.717) is 60.8 Å². The molecule has 2 saturated heterocycles. The minimum Gasteiger partial charge on any atom is -0.476 e. The molecule has 55 heavy (non-hydrogen) atoms. The molecule has 3 aromatic heterocycles. The SMILES string of the molecule is CC(=O)N1CCc2c(c(N3CCCc4cc(-c5cnn(C)c5)c(C(F)F)cc43)nn2C2CCN(CC3C(C)CN(c4ccc(C(=O)O)nn4)CC3C)CC2)C1. The molecular formula is C40H50F2N10O3. The monoisotopic (exact) mass is 756 g/mol. The molecular weight excluding hydrogens is 707 g/mol. The molecule has 13 nitrogen and oxygen atoms in total. The highest BCUT2D eigenvalue weighted by molar-refractivity contribution is 5.85. The summed E-state index contributed by atoms with van der Waals surface area (Å²) in [6.45, 7) is 12.6. The summed E-state index contributed by atoms with van der Waals surface area (Å²) in [5.41, 5.74) is 5.11. The molecule has 1 aromatic carbocycles. The van der Waals surface area contributed by atoms with Gasteiger partial charge in [0.05, 0.1) is 18.8 Å². The highest BCUT2D eigenvalue weighted by Crippen LogP contribution is 2.44. The minimum absolute atomic E-state index is 0.0120. The lowest BCUT2D eigenvalue weighted by Gasteiger charge is -2.44. The maximum atomic E-state index is 14.7. The van der Waals surface area contributed by atoms with Gasteiger partial charge >= 0.3 is 5.97 Å². The molecule has 2 fully saturated rings. The molecule has 0 saturated carbocycles. The van der Waals surface area contributed by atoms with Crippen LogP contribution >= 0.6 is 0 Å². The number of aromatic nitrogens is 6. The first-order valence-corrected chi connectivity index (χ1v) is 19.6. The fourth-order valence-electron chi connectivity index (χ4n) is 9.48. The topological polar surface area (TPSA) is 129 Å². The second kappa shape index (κ2) is 15.0. The van der Waals surface area contributed by atoms with Crippen molar-refractivity contribution in [3.05, 3.63) is 64.7 Å². The zero-order valence-electron chi connectivity index (χ0n) is 32.0. The van der Waals surface area contributed by atoms with E-state index in [1.54, 1.807) is 43.2 Å². The Hall–Kier alpha value is -4.92. The van der Waals surface area contributed by atoms with Gasteiger partial charge in [0.2, 0.25) is 5.91 Å². The molecule has 1 amide bonds. The lowest BCUT2D eigenvalue weighted by atomic mass is 9.79. The second-order valence-electron chi connectivity index (χ2n) is 16.0. The van der Waals surface area contributed by atoms with Gasteiger partial charge in [-0.1, -0.05) is 13.8 Å². The third kappa shape index (κ3) is 7.18. The first kappa shape index (κ1) is 37.0. The average molecular weight is 757 g/mol. The van der Waals surface area contributed by atoms with Gasteiger partial charge in [0.15, 0.2) is 17.3 Å². The molecule has 0 bridgehead atoms.